The Labute approximate surface area is 179 Å². The summed E-state index contributed by atoms with van der Waals surface area (Å²) >= 11 is 1.33. The first-order valence-electron chi connectivity index (χ1n) is 8.82. The van der Waals surface area contributed by atoms with Gasteiger partial charge < -0.3 is 20.7 Å². The zero-order chi connectivity index (χ0) is 23.3. The van der Waals surface area contributed by atoms with Crippen LogP contribution in [0.4, 0.5) is 18.9 Å². The number of aliphatic carboxylic acids is 1. The van der Waals surface area contributed by atoms with Crippen molar-refractivity contribution in [1.82, 2.24) is 14.5 Å². The van der Waals surface area contributed by atoms with Crippen molar-refractivity contribution in [1.29, 1.82) is 0 Å². The van der Waals surface area contributed by atoms with Gasteiger partial charge in [-0.05, 0) is 45.0 Å². The smallest absolute Gasteiger partial charge is 0.475 e. The van der Waals surface area contributed by atoms with Crippen molar-refractivity contribution < 1.29 is 27.9 Å². The highest BCUT2D eigenvalue weighted by Gasteiger charge is 2.38. The zero-order valence-electron chi connectivity index (χ0n) is 16.8. The van der Waals surface area contributed by atoms with Crippen molar-refractivity contribution in [2.24, 2.45) is 5.73 Å². The number of rotatable bonds is 4. The molecule has 166 valence electrons. The molecule has 2 heterocycles. The van der Waals surface area contributed by atoms with Gasteiger partial charge >= 0.3 is 12.1 Å². The molecule has 8 nitrogen and oxygen atoms in total. The second kappa shape index (κ2) is 9.71. The summed E-state index contributed by atoms with van der Waals surface area (Å²) in [6, 6.07) is 7.66. The number of carboxylic acids is 1. The minimum atomic E-state index is -5.08. The fourth-order valence-electron chi connectivity index (χ4n) is 2.40. The summed E-state index contributed by atoms with van der Waals surface area (Å²) in [5.74, 6) is -2.92. The van der Waals surface area contributed by atoms with Gasteiger partial charge in [-0.15, -0.1) is 11.3 Å². The van der Waals surface area contributed by atoms with Crippen molar-refractivity contribution in [3.8, 4) is 5.69 Å². The van der Waals surface area contributed by atoms with Crippen molar-refractivity contribution in [2.45, 2.75) is 33.5 Å². The molecule has 3 rings (SSSR count). The second-order valence-corrected chi connectivity index (χ2v) is 7.40. The van der Waals surface area contributed by atoms with Gasteiger partial charge in [0.25, 0.3) is 5.91 Å². The highest BCUT2D eigenvalue weighted by Crippen LogP contribution is 2.21. The predicted molar refractivity (Wildman–Crippen MR) is 109 cm³/mol. The van der Waals surface area contributed by atoms with Gasteiger partial charge in [-0.3, -0.25) is 4.79 Å². The Bertz CT molecular complexity index is 1070. The molecule has 1 aromatic carbocycles. The van der Waals surface area contributed by atoms with Crippen LogP contribution in [0.2, 0.25) is 0 Å². The van der Waals surface area contributed by atoms with Gasteiger partial charge in [0.2, 0.25) is 0 Å². The molecule has 31 heavy (non-hydrogen) atoms. The number of aromatic nitrogens is 3. The number of nitrogens with one attached hydrogen (secondary N) is 1. The quantitative estimate of drug-likeness (QED) is 0.552. The average molecular weight is 455 g/mol. The van der Waals surface area contributed by atoms with E-state index in [1.54, 1.807) is 6.33 Å². The number of nitrogens with zero attached hydrogens (tertiary/aromatic N) is 3. The van der Waals surface area contributed by atoms with Crippen LogP contribution in [0.25, 0.3) is 5.69 Å². The van der Waals surface area contributed by atoms with E-state index in [0.717, 1.165) is 27.8 Å². The molecule has 0 bridgehead atoms. The van der Waals surface area contributed by atoms with Crippen LogP contribution in [0, 0.1) is 20.8 Å². The highest BCUT2D eigenvalue weighted by atomic mass is 32.1. The third-order valence-corrected chi connectivity index (χ3v) is 5.30. The summed E-state index contributed by atoms with van der Waals surface area (Å²) in [5, 5.41) is 10.8. The molecule has 0 unspecified atom stereocenters. The molecule has 0 aliphatic carbocycles. The van der Waals surface area contributed by atoms with Crippen LogP contribution in [-0.2, 0) is 11.3 Å². The van der Waals surface area contributed by atoms with Gasteiger partial charge in [0, 0.05) is 23.6 Å². The molecule has 2 aromatic heterocycles. The standard InChI is InChI=1S/C17H19N5OS.C2HF3O2/c1-10-12(3)22(9-19-10)14-6-4-13(5-7-14)21-17(23)16-11(2)20-15(8-18)24-16;3-2(4,5)1(6)7/h4-7,9H,8,18H2,1-3H3,(H,21,23);(H,6,7). The Balaban J connectivity index is 0.000000423. The van der Waals surface area contributed by atoms with E-state index in [0.29, 0.717) is 17.1 Å². The largest absolute Gasteiger partial charge is 0.490 e. The monoisotopic (exact) mass is 455 g/mol. The van der Waals surface area contributed by atoms with E-state index in [4.69, 9.17) is 15.6 Å². The number of anilines is 1. The minimum Gasteiger partial charge on any atom is -0.475 e. The molecular weight excluding hydrogens is 435 g/mol. The number of hydrogen-bond donors (Lipinski definition) is 3. The summed E-state index contributed by atoms with van der Waals surface area (Å²) in [6.07, 6.45) is -3.28. The van der Waals surface area contributed by atoms with Crippen LogP contribution in [0.1, 0.15) is 31.8 Å². The van der Waals surface area contributed by atoms with Gasteiger partial charge in [0.15, 0.2) is 0 Å². The first-order valence-corrected chi connectivity index (χ1v) is 9.64. The van der Waals surface area contributed by atoms with Crippen molar-refractivity contribution in [3.05, 3.63) is 57.6 Å². The van der Waals surface area contributed by atoms with Crippen LogP contribution in [0.3, 0.4) is 0 Å². The number of carboxylic acid groups (broad SMARTS) is 1. The van der Waals surface area contributed by atoms with E-state index in [2.05, 4.69) is 15.3 Å². The fourth-order valence-corrected chi connectivity index (χ4v) is 3.24. The molecule has 4 N–H and O–H groups in total. The summed E-state index contributed by atoms with van der Waals surface area (Å²) in [6.45, 7) is 6.17. The fraction of sp³-hybridized carbons (Fsp3) is 0.263. The molecule has 0 aliphatic rings. The Morgan fingerprint density at radius 1 is 1.16 bits per heavy atom. The number of thiazole rings is 1. The van der Waals surface area contributed by atoms with Crippen LogP contribution in [-0.4, -0.2) is 37.7 Å². The molecule has 0 spiro atoms. The lowest BCUT2D eigenvalue weighted by atomic mass is 10.2. The Hall–Kier alpha value is -3.25. The van der Waals surface area contributed by atoms with Gasteiger partial charge in [-0.2, -0.15) is 13.2 Å². The molecule has 0 saturated heterocycles. The molecule has 0 aliphatic heterocycles. The number of nitrogens with two attached hydrogens (primary N) is 1. The van der Waals surface area contributed by atoms with E-state index in [1.807, 2.05) is 49.6 Å². The summed E-state index contributed by atoms with van der Waals surface area (Å²) < 4.78 is 33.8. The van der Waals surface area contributed by atoms with Crippen molar-refractivity contribution in [3.63, 3.8) is 0 Å². The lowest BCUT2D eigenvalue weighted by Crippen LogP contribution is -2.21. The summed E-state index contributed by atoms with van der Waals surface area (Å²) in [4.78, 5) is 30.5. The lowest BCUT2D eigenvalue weighted by molar-refractivity contribution is -0.192. The van der Waals surface area contributed by atoms with Crippen LogP contribution >= 0.6 is 11.3 Å². The zero-order valence-corrected chi connectivity index (χ0v) is 17.6. The van der Waals surface area contributed by atoms with Crippen LogP contribution in [0.5, 0.6) is 0 Å². The molecule has 3 aromatic rings. The molecule has 0 radical (unpaired) electrons. The van der Waals surface area contributed by atoms with Crippen molar-refractivity contribution in [2.75, 3.05) is 5.32 Å². The van der Waals surface area contributed by atoms with E-state index >= 15 is 0 Å². The number of imidazole rings is 1. The number of hydrogen-bond acceptors (Lipinski definition) is 6. The Morgan fingerprint density at radius 2 is 1.74 bits per heavy atom. The maximum Gasteiger partial charge on any atom is 0.490 e. The summed E-state index contributed by atoms with van der Waals surface area (Å²) in [7, 11) is 0. The van der Waals surface area contributed by atoms with Gasteiger partial charge in [-0.1, -0.05) is 0 Å². The SMILES string of the molecule is Cc1nc(CN)sc1C(=O)Nc1ccc(-n2cnc(C)c2C)cc1.O=C(O)C(F)(F)F. The van der Waals surface area contributed by atoms with Gasteiger partial charge in [-0.25, -0.2) is 14.8 Å². The molecule has 0 saturated carbocycles. The van der Waals surface area contributed by atoms with E-state index < -0.39 is 12.1 Å². The van der Waals surface area contributed by atoms with Crippen molar-refractivity contribution >= 4 is 28.9 Å². The second-order valence-electron chi connectivity index (χ2n) is 6.32. The Morgan fingerprint density at radius 3 is 2.16 bits per heavy atom. The van der Waals surface area contributed by atoms with Gasteiger partial charge in [0.05, 0.1) is 17.7 Å². The first-order chi connectivity index (χ1) is 14.4. The average Bonchev–Trinajstić information content (AvgIpc) is 3.24. The topological polar surface area (TPSA) is 123 Å². The number of carbonyl (C=O) groups is 2. The number of alkyl halides is 3. The maximum absolute atomic E-state index is 12.4. The number of amides is 1. The predicted octanol–water partition coefficient (Wildman–Crippen LogP) is 3.60. The number of halogens is 3. The minimum absolute atomic E-state index is 0.160. The first kappa shape index (κ1) is 24.0. The van der Waals surface area contributed by atoms with E-state index in [1.165, 1.54) is 11.3 Å². The summed E-state index contributed by atoms with van der Waals surface area (Å²) in [5.41, 5.74) is 10.1. The molecule has 0 atom stereocenters. The van der Waals surface area contributed by atoms with E-state index in [9.17, 15) is 18.0 Å². The highest BCUT2D eigenvalue weighted by molar-refractivity contribution is 7.13. The number of benzene rings is 1. The molecule has 1 amide bonds. The molecule has 0 fully saturated rings. The lowest BCUT2D eigenvalue weighted by Gasteiger charge is -2.08. The molecule has 12 heteroatoms. The normalized spacial score (nSPS) is 10.9. The van der Waals surface area contributed by atoms with Crippen LogP contribution in [0.15, 0.2) is 30.6 Å². The molecular formula is C19H20F3N5O3S. The third-order valence-electron chi connectivity index (χ3n) is 4.12. The maximum atomic E-state index is 12.4. The number of aryl methyl sites for hydroxylation is 2. The van der Waals surface area contributed by atoms with Gasteiger partial charge in [0.1, 0.15) is 9.88 Å². The van der Waals surface area contributed by atoms with E-state index in [-0.39, 0.29) is 5.91 Å². The van der Waals surface area contributed by atoms with Crippen LogP contribution < -0.4 is 11.1 Å². The number of carbonyl (C=O) groups excluding carboxylic acids is 1. The Kier molecular flexibility index (Phi) is 7.52. The third kappa shape index (κ3) is 6.12.